The fourth-order valence-corrected chi connectivity index (χ4v) is 3.43. The van der Waals surface area contributed by atoms with E-state index in [0.29, 0.717) is 6.42 Å². The van der Waals surface area contributed by atoms with Gasteiger partial charge in [0.2, 0.25) is 11.9 Å². The molecule has 8 nitrogen and oxygen atoms in total. The van der Waals surface area contributed by atoms with Crippen LogP contribution in [-0.2, 0) is 10.2 Å². The predicted octanol–water partition coefficient (Wildman–Crippen LogP) is 3.36. The van der Waals surface area contributed by atoms with E-state index in [1.807, 2.05) is 0 Å². The number of rotatable bonds is 8. The van der Waals surface area contributed by atoms with Crippen molar-refractivity contribution >= 4 is 27.1 Å². The molecule has 1 aromatic carbocycles. The molecule has 0 aliphatic heterocycles. The maximum Gasteiger partial charge on any atom is 0.429 e. The topological polar surface area (TPSA) is 106 Å². The second-order valence-electron chi connectivity index (χ2n) is 6.19. The summed E-state index contributed by atoms with van der Waals surface area (Å²) in [6, 6.07) is 8.87. The summed E-state index contributed by atoms with van der Waals surface area (Å²) in [4.78, 5) is 11.8. The number of alkyl halides is 3. The van der Waals surface area contributed by atoms with Gasteiger partial charge in [-0.25, -0.2) is 9.97 Å². The van der Waals surface area contributed by atoms with Gasteiger partial charge >= 0.3 is 6.18 Å². The number of benzene rings is 1. The van der Waals surface area contributed by atoms with Crippen LogP contribution in [-0.4, -0.2) is 36.1 Å². The minimum atomic E-state index is -4.81. The molecule has 1 atom stereocenters. The molecule has 30 heavy (non-hydrogen) atoms. The third-order valence-corrected chi connectivity index (χ3v) is 4.87. The van der Waals surface area contributed by atoms with E-state index in [0.717, 1.165) is 6.20 Å². The number of ether oxygens (including phenoxy) is 1. The van der Waals surface area contributed by atoms with E-state index < -0.39 is 34.2 Å². The Morgan fingerprint density at radius 1 is 1.10 bits per heavy atom. The van der Waals surface area contributed by atoms with Crippen molar-refractivity contribution in [2.75, 3.05) is 11.3 Å². The minimum absolute atomic E-state index is 0.132. The molecule has 3 aromatic rings. The highest BCUT2D eigenvalue weighted by Gasteiger charge is 2.44. The van der Waals surface area contributed by atoms with Gasteiger partial charge in [0.05, 0.1) is 11.0 Å². The van der Waals surface area contributed by atoms with E-state index >= 15 is 0 Å². The summed E-state index contributed by atoms with van der Waals surface area (Å²) < 4.78 is 75.0. The second kappa shape index (κ2) is 8.79. The summed E-state index contributed by atoms with van der Waals surface area (Å²) in [6.07, 6.45) is -4.38. The first-order valence-electron chi connectivity index (χ1n) is 8.87. The Morgan fingerprint density at radius 3 is 2.40 bits per heavy atom. The number of para-hydroxylation sites is 2. The maximum atomic E-state index is 13.7. The fourth-order valence-electron chi connectivity index (χ4n) is 2.50. The molecule has 2 N–H and O–H groups in total. The zero-order valence-electron chi connectivity index (χ0n) is 15.7. The first kappa shape index (κ1) is 21.7. The molecule has 12 heteroatoms. The molecule has 2 heterocycles. The number of hydrogen-bond acceptors (Lipinski definition) is 6. The van der Waals surface area contributed by atoms with E-state index in [4.69, 9.17) is 4.74 Å². The molecule has 0 saturated carbocycles. The van der Waals surface area contributed by atoms with E-state index in [-0.39, 0.29) is 23.1 Å². The first-order valence-corrected chi connectivity index (χ1v) is 10.4. The van der Waals surface area contributed by atoms with Gasteiger partial charge in [0.25, 0.3) is 16.1 Å². The number of hydrogen-bond donors (Lipinski definition) is 2. The van der Waals surface area contributed by atoms with Gasteiger partial charge in [-0.05, 0) is 24.6 Å². The molecule has 0 saturated heterocycles. The first-order chi connectivity index (χ1) is 14.2. The molecule has 0 bridgehead atoms. The van der Waals surface area contributed by atoms with Crippen molar-refractivity contribution in [3.63, 3.8) is 0 Å². The summed E-state index contributed by atoms with van der Waals surface area (Å²) in [7, 11) is -4.10. The molecule has 160 valence electrons. The Bertz CT molecular complexity index is 1110. The Kier molecular flexibility index (Phi) is 6.37. The number of halogens is 3. The van der Waals surface area contributed by atoms with Crippen molar-refractivity contribution in [2.24, 2.45) is 0 Å². The number of anilines is 1. The number of fused-ring (bicyclic) bond motifs is 1. The van der Waals surface area contributed by atoms with Crippen LogP contribution in [0.1, 0.15) is 25.0 Å². The van der Waals surface area contributed by atoms with E-state index in [2.05, 4.69) is 24.4 Å². The van der Waals surface area contributed by atoms with Crippen molar-refractivity contribution in [2.45, 2.75) is 25.6 Å². The Balaban J connectivity index is 2.06. The third-order valence-electron chi connectivity index (χ3n) is 3.83. The molecule has 0 radical (unpaired) electrons. The number of aromatic nitrogens is 3. The van der Waals surface area contributed by atoms with Crippen molar-refractivity contribution in [1.82, 2.24) is 19.7 Å². The van der Waals surface area contributed by atoms with Crippen LogP contribution in [0.15, 0.2) is 48.8 Å². The lowest BCUT2D eigenvalue weighted by atomic mass is 10.1. The second-order valence-corrected chi connectivity index (χ2v) is 7.69. The Hall–Kier alpha value is -2.99. The highest BCUT2D eigenvalue weighted by Crippen LogP contribution is 2.38. The van der Waals surface area contributed by atoms with Crippen LogP contribution < -0.4 is 14.2 Å². The molecule has 0 fully saturated rings. The van der Waals surface area contributed by atoms with Gasteiger partial charge in [-0.15, -0.1) is 0 Å². The summed E-state index contributed by atoms with van der Waals surface area (Å²) in [5.74, 6) is -1.07. The average Bonchev–Trinajstić information content (AvgIpc) is 2.70. The Morgan fingerprint density at radius 2 is 1.80 bits per heavy atom. The monoisotopic (exact) mass is 441 g/mol. The van der Waals surface area contributed by atoms with Crippen LogP contribution in [0.3, 0.4) is 0 Å². The van der Waals surface area contributed by atoms with Gasteiger partial charge in [0.1, 0.15) is 0 Å². The van der Waals surface area contributed by atoms with Crippen LogP contribution in [0.5, 0.6) is 5.88 Å². The maximum absolute atomic E-state index is 13.7. The molecule has 2 aromatic heterocycles. The molecular weight excluding hydrogens is 423 g/mol. The van der Waals surface area contributed by atoms with Crippen molar-refractivity contribution in [1.29, 1.82) is 0 Å². The lowest BCUT2D eigenvalue weighted by Crippen LogP contribution is -2.32. The molecule has 0 aliphatic carbocycles. The lowest BCUT2D eigenvalue weighted by Gasteiger charge is -2.22. The van der Waals surface area contributed by atoms with E-state index in [1.54, 1.807) is 25.1 Å². The highest BCUT2D eigenvalue weighted by atomic mass is 32.2. The van der Waals surface area contributed by atoms with E-state index in [9.17, 15) is 21.6 Å². The largest absolute Gasteiger partial charge is 0.457 e. The summed E-state index contributed by atoms with van der Waals surface area (Å²) >= 11 is 0. The van der Waals surface area contributed by atoms with Crippen LogP contribution in [0, 0.1) is 0 Å². The molecule has 1 unspecified atom stereocenters. The average molecular weight is 441 g/mol. The highest BCUT2D eigenvalue weighted by molar-refractivity contribution is 7.90. The van der Waals surface area contributed by atoms with Crippen molar-refractivity contribution in [3.8, 4) is 5.88 Å². The van der Waals surface area contributed by atoms with Gasteiger partial charge < -0.3 is 4.74 Å². The standard InChI is InChI=1S/C18H18F3N5O3S/c1-2-9-23-30(27,28)26-16-17(25-14-8-4-3-7-13(14)24-16)29-15(18(19,20)21)12-6-5-10-22-11-12/h3-8,10-11,15,23H,2,9H2,1H3,(H,24,26). The van der Waals surface area contributed by atoms with Gasteiger partial charge in [-0.3, -0.25) is 9.71 Å². The van der Waals surface area contributed by atoms with Gasteiger partial charge in [0, 0.05) is 24.5 Å². The van der Waals surface area contributed by atoms with Gasteiger partial charge in [-0.2, -0.15) is 26.3 Å². The number of nitrogens with one attached hydrogen (secondary N) is 2. The lowest BCUT2D eigenvalue weighted by molar-refractivity contribution is -0.198. The summed E-state index contributed by atoms with van der Waals surface area (Å²) in [6.45, 7) is 1.89. The van der Waals surface area contributed by atoms with Crippen LogP contribution in [0.25, 0.3) is 11.0 Å². The SMILES string of the molecule is CCCNS(=O)(=O)Nc1nc2ccccc2nc1OC(c1cccnc1)C(F)(F)F. The summed E-state index contributed by atoms with van der Waals surface area (Å²) in [5, 5.41) is 0. The predicted molar refractivity (Wildman–Crippen MR) is 104 cm³/mol. The number of pyridine rings is 1. The van der Waals surface area contributed by atoms with Crippen molar-refractivity contribution in [3.05, 3.63) is 54.4 Å². The van der Waals surface area contributed by atoms with E-state index in [1.165, 1.54) is 24.4 Å². The normalized spacial score (nSPS) is 13.2. The zero-order valence-corrected chi connectivity index (χ0v) is 16.5. The molecule has 0 amide bonds. The summed E-state index contributed by atoms with van der Waals surface area (Å²) in [5.41, 5.74) is 0.255. The zero-order chi connectivity index (χ0) is 21.8. The Labute approximate surface area is 170 Å². The van der Waals surface area contributed by atoms with Crippen molar-refractivity contribution < 1.29 is 26.3 Å². The van der Waals surface area contributed by atoms with Crippen LogP contribution >= 0.6 is 0 Å². The van der Waals surface area contributed by atoms with Gasteiger partial charge in [-0.1, -0.05) is 25.1 Å². The molecule has 3 rings (SSSR count). The van der Waals surface area contributed by atoms with Crippen LogP contribution in [0.4, 0.5) is 19.0 Å². The molecule has 0 spiro atoms. The minimum Gasteiger partial charge on any atom is -0.457 e. The van der Waals surface area contributed by atoms with Gasteiger partial charge in [0.15, 0.2) is 0 Å². The smallest absolute Gasteiger partial charge is 0.429 e. The molecule has 0 aliphatic rings. The van der Waals surface area contributed by atoms with Crippen LogP contribution in [0.2, 0.25) is 0 Å². The number of nitrogens with zero attached hydrogens (tertiary/aromatic N) is 3. The molecular formula is C18H18F3N5O3S. The third kappa shape index (κ3) is 5.33. The quantitative estimate of drug-likeness (QED) is 0.555. The fraction of sp³-hybridized carbons (Fsp3) is 0.278.